The van der Waals surface area contributed by atoms with Crippen LogP contribution < -0.4 is 28.4 Å². The lowest BCUT2D eigenvalue weighted by atomic mass is 9.96. The fourth-order valence-electron chi connectivity index (χ4n) is 4.23. The molecule has 0 atom stereocenters. The van der Waals surface area contributed by atoms with Gasteiger partial charge in [0, 0.05) is 24.3 Å². The highest BCUT2D eigenvalue weighted by Crippen LogP contribution is 2.41. The van der Waals surface area contributed by atoms with E-state index in [0.717, 1.165) is 56.4 Å². The van der Waals surface area contributed by atoms with Crippen LogP contribution in [0, 0.1) is 0 Å². The van der Waals surface area contributed by atoms with Gasteiger partial charge in [-0.2, -0.15) is 0 Å². The predicted molar refractivity (Wildman–Crippen MR) is 132 cm³/mol. The summed E-state index contributed by atoms with van der Waals surface area (Å²) in [6, 6.07) is 15.9. The summed E-state index contributed by atoms with van der Waals surface area (Å²) in [5.41, 5.74) is 6.16. The molecule has 6 nitrogen and oxygen atoms in total. The van der Waals surface area contributed by atoms with Crippen molar-refractivity contribution in [3.8, 4) is 34.5 Å². The van der Waals surface area contributed by atoms with Crippen LogP contribution in [0.4, 0.5) is 0 Å². The van der Waals surface area contributed by atoms with Crippen LogP contribution in [0.3, 0.4) is 0 Å². The van der Waals surface area contributed by atoms with Crippen LogP contribution in [0.1, 0.15) is 22.3 Å². The molecule has 0 fully saturated rings. The Balaban J connectivity index is 1.44. The summed E-state index contributed by atoms with van der Waals surface area (Å²) >= 11 is 0. The van der Waals surface area contributed by atoms with Gasteiger partial charge >= 0.3 is 0 Å². The molecule has 0 unspecified atom stereocenters. The molecule has 2 heterocycles. The SMILES string of the molecule is COc1cc(OC)c2c(c1)OCC(c1ccc(C3=Cc4c(OC)cc(OC)cc4OC3)cc1)=C2. The van der Waals surface area contributed by atoms with E-state index in [1.807, 2.05) is 24.3 Å². The number of hydrogen-bond donors (Lipinski definition) is 0. The standard InChI is InChI=1S/C28H26O6/c1-29-21-11-25(31-3)23-9-19(15-33-27(23)13-21)17-5-7-18(8-6-17)20-10-24-26(32-4)12-22(30-2)14-28(24)34-16-20/h5-14H,15-16H2,1-4H3. The molecule has 2 aliphatic rings. The third-order valence-corrected chi connectivity index (χ3v) is 6.10. The Morgan fingerprint density at radius 1 is 0.559 bits per heavy atom. The lowest BCUT2D eigenvalue weighted by Crippen LogP contribution is -2.09. The van der Waals surface area contributed by atoms with Gasteiger partial charge in [0.25, 0.3) is 0 Å². The molecule has 0 spiro atoms. The van der Waals surface area contributed by atoms with Crippen molar-refractivity contribution in [1.82, 2.24) is 0 Å². The number of benzene rings is 3. The fourth-order valence-corrected chi connectivity index (χ4v) is 4.23. The summed E-state index contributed by atoms with van der Waals surface area (Å²) in [7, 11) is 6.56. The quantitative estimate of drug-likeness (QED) is 0.480. The van der Waals surface area contributed by atoms with Gasteiger partial charge in [0.2, 0.25) is 0 Å². The van der Waals surface area contributed by atoms with Crippen LogP contribution in [0.15, 0.2) is 48.5 Å². The van der Waals surface area contributed by atoms with Crippen molar-refractivity contribution in [3.05, 3.63) is 70.8 Å². The molecule has 0 amide bonds. The van der Waals surface area contributed by atoms with E-state index in [0.29, 0.717) is 24.7 Å². The van der Waals surface area contributed by atoms with Crippen LogP contribution >= 0.6 is 0 Å². The zero-order valence-electron chi connectivity index (χ0n) is 19.6. The molecule has 0 bridgehead atoms. The van der Waals surface area contributed by atoms with Gasteiger partial charge in [0.05, 0.1) is 39.6 Å². The predicted octanol–water partition coefficient (Wildman–Crippen LogP) is 5.59. The number of methoxy groups -OCH3 is 4. The molecule has 34 heavy (non-hydrogen) atoms. The van der Waals surface area contributed by atoms with E-state index in [1.54, 1.807) is 28.4 Å². The first kappa shape index (κ1) is 21.8. The molecule has 0 aliphatic carbocycles. The molecule has 2 aliphatic heterocycles. The Labute approximate surface area is 198 Å². The maximum atomic E-state index is 6.02. The first-order chi connectivity index (χ1) is 16.6. The van der Waals surface area contributed by atoms with E-state index in [2.05, 4.69) is 36.4 Å². The molecule has 3 aromatic carbocycles. The van der Waals surface area contributed by atoms with Crippen molar-refractivity contribution >= 4 is 23.3 Å². The minimum absolute atomic E-state index is 0.473. The topological polar surface area (TPSA) is 55.4 Å². The average molecular weight is 459 g/mol. The minimum Gasteiger partial charge on any atom is -0.496 e. The maximum Gasteiger partial charge on any atom is 0.134 e. The van der Waals surface area contributed by atoms with Crippen LogP contribution in [0.5, 0.6) is 34.5 Å². The number of fused-ring (bicyclic) bond motifs is 2. The van der Waals surface area contributed by atoms with Gasteiger partial charge in [0.15, 0.2) is 0 Å². The van der Waals surface area contributed by atoms with Gasteiger partial charge in [-0.1, -0.05) is 24.3 Å². The van der Waals surface area contributed by atoms with Crippen molar-refractivity contribution in [2.45, 2.75) is 0 Å². The Kier molecular flexibility index (Phi) is 5.80. The molecule has 0 saturated carbocycles. The van der Waals surface area contributed by atoms with Gasteiger partial charge in [-0.3, -0.25) is 0 Å². The zero-order valence-corrected chi connectivity index (χ0v) is 19.6. The van der Waals surface area contributed by atoms with E-state index in [1.165, 1.54) is 0 Å². The second kappa shape index (κ2) is 9.06. The first-order valence-corrected chi connectivity index (χ1v) is 10.9. The average Bonchev–Trinajstić information content (AvgIpc) is 2.91. The highest BCUT2D eigenvalue weighted by Gasteiger charge is 2.21. The van der Waals surface area contributed by atoms with E-state index in [9.17, 15) is 0 Å². The van der Waals surface area contributed by atoms with E-state index >= 15 is 0 Å². The van der Waals surface area contributed by atoms with Crippen molar-refractivity contribution in [2.24, 2.45) is 0 Å². The highest BCUT2D eigenvalue weighted by atomic mass is 16.5. The zero-order chi connectivity index (χ0) is 23.7. The lowest BCUT2D eigenvalue weighted by molar-refractivity contribution is 0.348. The molecule has 0 aromatic heterocycles. The van der Waals surface area contributed by atoms with Gasteiger partial charge in [-0.05, 0) is 34.4 Å². The molecule has 0 saturated heterocycles. The molecule has 174 valence electrons. The Bertz CT molecular complexity index is 1190. The van der Waals surface area contributed by atoms with Crippen LogP contribution in [0.2, 0.25) is 0 Å². The van der Waals surface area contributed by atoms with Crippen molar-refractivity contribution in [3.63, 3.8) is 0 Å². The van der Waals surface area contributed by atoms with Crippen molar-refractivity contribution < 1.29 is 28.4 Å². The highest BCUT2D eigenvalue weighted by molar-refractivity contribution is 5.90. The summed E-state index contributed by atoms with van der Waals surface area (Å²) in [4.78, 5) is 0. The number of hydrogen-bond acceptors (Lipinski definition) is 6. The Hall–Kier alpha value is -4.06. The van der Waals surface area contributed by atoms with E-state index in [4.69, 9.17) is 28.4 Å². The largest absolute Gasteiger partial charge is 0.496 e. The molecule has 5 rings (SSSR count). The monoisotopic (exact) mass is 458 g/mol. The van der Waals surface area contributed by atoms with Gasteiger partial charge < -0.3 is 28.4 Å². The Morgan fingerprint density at radius 2 is 0.971 bits per heavy atom. The summed E-state index contributed by atoms with van der Waals surface area (Å²) < 4.78 is 33.8. The van der Waals surface area contributed by atoms with E-state index < -0.39 is 0 Å². The molecule has 0 N–H and O–H groups in total. The number of ether oxygens (including phenoxy) is 6. The smallest absolute Gasteiger partial charge is 0.134 e. The lowest BCUT2D eigenvalue weighted by Gasteiger charge is -2.22. The molecule has 3 aromatic rings. The van der Waals surface area contributed by atoms with Gasteiger partial charge in [0.1, 0.15) is 47.7 Å². The molecule has 0 radical (unpaired) electrons. The summed E-state index contributed by atoms with van der Waals surface area (Å²) in [5.74, 6) is 4.36. The van der Waals surface area contributed by atoms with Crippen LogP contribution in [0.25, 0.3) is 23.3 Å². The normalized spacial score (nSPS) is 13.9. The van der Waals surface area contributed by atoms with Gasteiger partial charge in [-0.25, -0.2) is 0 Å². The third kappa shape index (κ3) is 3.92. The number of rotatable bonds is 6. The summed E-state index contributed by atoms with van der Waals surface area (Å²) in [6.07, 6.45) is 4.23. The second-order valence-electron chi connectivity index (χ2n) is 7.98. The third-order valence-electron chi connectivity index (χ3n) is 6.10. The molecular formula is C28H26O6. The fraction of sp³-hybridized carbons (Fsp3) is 0.214. The van der Waals surface area contributed by atoms with Crippen molar-refractivity contribution in [1.29, 1.82) is 0 Å². The Morgan fingerprint density at radius 3 is 1.32 bits per heavy atom. The van der Waals surface area contributed by atoms with E-state index in [-0.39, 0.29) is 0 Å². The van der Waals surface area contributed by atoms with Crippen LogP contribution in [-0.2, 0) is 0 Å². The summed E-state index contributed by atoms with van der Waals surface area (Å²) in [5, 5.41) is 0. The maximum absolute atomic E-state index is 6.02. The minimum atomic E-state index is 0.473. The van der Waals surface area contributed by atoms with Crippen molar-refractivity contribution in [2.75, 3.05) is 41.7 Å². The van der Waals surface area contributed by atoms with Crippen LogP contribution in [-0.4, -0.2) is 41.7 Å². The second-order valence-corrected chi connectivity index (χ2v) is 7.98. The van der Waals surface area contributed by atoms with Gasteiger partial charge in [-0.15, -0.1) is 0 Å². The molecular weight excluding hydrogens is 432 g/mol. The summed E-state index contributed by atoms with van der Waals surface area (Å²) in [6.45, 7) is 0.946. The first-order valence-electron chi connectivity index (χ1n) is 10.9. The molecule has 6 heteroatoms.